The van der Waals surface area contributed by atoms with E-state index in [1.54, 1.807) is 24.4 Å². The number of aliphatic hydroxyl groups excluding tert-OH is 1. The number of halogens is 2. The summed E-state index contributed by atoms with van der Waals surface area (Å²) in [4.78, 5) is 13.1. The van der Waals surface area contributed by atoms with Gasteiger partial charge < -0.3 is 15.7 Å². The maximum absolute atomic E-state index is 14.0. The minimum absolute atomic E-state index is 0.0839. The molecule has 0 amide bonds. The first kappa shape index (κ1) is 19.6. The number of hydrogen-bond donors (Lipinski definition) is 3. The monoisotopic (exact) mass is 385 g/mol. The summed E-state index contributed by atoms with van der Waals surface area (Å²) >= 11 is 0. The molecule has 0 radical (unpaired) electrons. The van der Waals surface area contributed by atoms with E-state index < -0.39 is 11.6 Å². The SMILES string of the molecule is CC(C)[C@H](CO)Nc1nc(Nc2ccc(F)cc2F)cc(-c2ccccn2)n1. The molecule has 3 aromatic rings. The highest BCUT2D eigenvalue weighted by atomic mass is 19.1. The minimum atomic E-state index is -0.733. The molecule has 2 aromatic heterocycles. The third kappa shape index (κ3) is 4.77. The summed E-state index contributed by atoms with van der Waals surface area (Å²) < 4.78 is 27.2. The van der Waals surface area contributed by atoms with Crippen molar-refractivity contribution in [2.45, 2.75) is 19.9 Å². The molecular weight excluding hydrogens is 364 g/mol. The average molecular weight is 385 g/mol. The van der Waals surface area contributed by atoms with Crippen LogP contribution in [0.1, 0.15) is 13.8 Å². The van der Waals surface area contributed by atoms with Crippen LogP contribution in [0, 0.1) is 17.6 Å². The molecule has 0 aliphatic rings. The third-order valence-electron chi connectivity index (χ3n) is 4.16. The summed E-state index contributed by atoms with van der Waals surface area (Å²) in [6.07, 6.45) is 1.64. The zero-order chi connectivity index (χ0) is 20.1. The van der Waals surface area contributed by atoms with Crippen LogP contribution in [0.4, 0.5) is 26.2 Å². The van der Waals surface area contributed by atoms with Gasteiger partial charge in [0.1, 0.15) is 17.5 Å². The number of rotatable bonds is 7. The van der Waals surface area contributed by atoms with Crippen molar-refractivity contribution >= 4 is 17.5 Å². The molecule has 0 fully saturated rings. The van der Waals surface area contributed by atoms with Crippen molar-refractivity contribution in [1.82, 2.24) is 15.0 Å². The van der Waals surface area contributed by atoms with Gasteiger partial charge in [0, 0.05) is 18.3 Å². The van der Waals surface area contributed by atoms with Gasteiger partial charge in [-0.05, 0) is 30.2 Å². The second-order valence-corrected chi connectivity index (χ2v) is 6.60. The van der Waals surface area contributed by atoms with E-state index in [-0.39, 0.29) is 30.2 Å². The van der Waals surface area contributed by atoms with Gasteiger partial charge in [0.2, 0.25) is 5.95 Å². The normalized spacial score (nSPS) is 12.1. The number of hydrogen-bond acceptors (Lipinski definition) is 6. The predicted octanol–water partition coefficient (Wildman–Crippen LogP) is 3.99. The molecule has 6 nitrogen and oxygen atoms in total. The highest BCUT2D eigenvalue weighted by Crippen LogP contribution is 2.24. The minimum Gasteiger partial charge on any atom is -0.394 e. The maximum atomic E-state index is 14.0. The Morgan fingerprint density at radius 1 is 1.04 bits per heavy atom. The Kier molecular flexibility index (Phi) is 6.10. The van der Waals surface area contributed by atoms with Gasteiger partial charge in [-0.1, -0.05) is 19.9 Å². The number of pyridine rings is 1. The lowest BCUT2D eigenvalue weighted by atomic mass is 10.1. The smallest absolute Gasteiger partial charge is 0.225 e. The molecule has 2 heterocycles. The van der Waals surface area contributed by atoms with Gasteiger partial charge in [0.05, 0.1) is 29.7 Å². The van der Waals surface area contributed by atoms with Crippen molar-refractivity contribution in [2.75, 3.05) is 17.2 Å². The molecule has 0 saturated heterocycles. The number of aromatic nitrogens is 3. The molecule has 0 unspecified atom stereocenters. The van der Waals surface area contributed by atoms with E-state index in [2.05, 4.69) is 25.6 Å². The van der Waals surface area contributed by atoms with E-state index >= 15 is 0 Å². The lowest BCUT2D eigenvalue weighted by Crippen LogP contribution is -2.30. The van der Waals surface area contributed by atoms with Crippen LogP contribution in [0.5, 0.6) is 0 Å². The van der Waals surface area contributed by atoms with Crippen LogP contribution < -0.4 is 10.6 Å². The molecule has 0 spiro atoms. The van der Waals surface area contributed by atoms with Crippen molar-refractivity contribution in [3.8, 4) is 11.4 Å². The molecule has 28 heavy (non-hydrogen) atoms. The Morgan fingerprint density at radius 3 is 2.50 bits per heavy atom. The molecule has 3 N–H and O–H groups in total. The topological polar surface area (TPSA) is 83.0 Å². The fourth-order valence-electron chi connectivity index (χ4n) is 2.54. The predicted molar refractivity (Wildman–Crippen MR) is 104 cm³/mol. The molecular formula is C20H21F2N5O. The Hall–Kier alpha value is -3.13. The summed E-state index contributed by atoms with van der Waals surface area (Å²) in [6.45, 7) is 3.83. The standard InChI is InChI=1S/C20H21F2N5O/c1-12(2)18(11-28)26-20-25-17(16-5-3-4-8-23-16)10-19(27-20)24-15-7-6-13(21)9-14(15)22/h3-10,12,18,28H,11H2,1-2H3,(H2,24,25,26,27)/t18-/m0/s1. The molecule has 146 valence electrons. The molecule has 0 bridgehead atoms. The van der Waals surface area contributed by atoms with E-state index in [9.17, 15) is 13.9 Å². The molecule has 1 atom stereocenters. The number of aliphatic hydroxyl groups is 1. The summed E-state index contributed by atoms with van der Waals surface area (Å²) in [5, 5.41) is 15.5. The Labute approximate surface area is 161 Å². The fourth-order valence-corrected chi connectivity index (χ4v) is 2.54. The van der Waals surface area contributed by atoms with Gasteiger partial charge in [-0.3, -0.25) is 4.98 Å². The van der Waals surface area contributed by atoms with Gasteiger partial charge in [0.25, 0.3) is 0 Å². The largest absolute Gasteiger partial charge is 0.394 e. The first-order valence-corrected chi connectivity index (χ1v) is 8.86. The highest BCUT2D eigenvalue weighted by molar-refractivity contribution is 5.65. The number of benzene rings is 1. The van der Waals surface area contributed by atoms with Crippen molar-refractivity contribution in [3.05, 3.63) is 60.3 Å². The van der Waals surface area contributed by atoms with Gasteiger partial charge in [-0.2, -0.15) is 4.98 Å². The number of anilines is 3. The summed E-state index contributed by atoms with van der Waals surface area (Å²) in [7, 11) is 0. The fraction of sp³-hybridized carbons (Fsp3) is 0.250. The highest BCUT2D eigenvalue weighted by Gasteiger charge is 2.16. The maximum Gasteiger partial charge on any atom is 0.225 e. The van der Waals surface area contributed by atoms with Crippen molar-refractivity contribution < 1.29 is 13.9 Å². The number of nitrogens with zero attached hydrogens (tertiary/aromatic N) is 3. The van der Waals surface area contributed by atoms with Crippen molar-refractivity contribution in [1.29, 1.82) is 0 Å². The van der Waals surface area contributed by atoms with E-state index in [0.717, 1.165) is 12.1 Å². The first-order chi connectivity index (χ1) is 13.5. The van der Waals surface area contributed by atoms with Crippen molar-refractivity contribution in [2.24, 2.45) is 5.92 Å². The van der Waals surface area contributed by atoms with Gasteiger partial charge >= 0.3 is 0 Å². The quantitative estimate of drug-likeness (QED) is 0.570. The Morgan fingerprint density at radius 2 is 1.86 bits per heavy atom. The lowest BCUT2D eigenvalue weighted by Gasteiger charge is -2.20. The van der Waals surface area contributed by atoms with Gasteiger partial charge in [0.15, 0.2) is 0 Å². The summed E-state index contributed by atoms with van der Waals surface area (Å²) in [5.41, 5.74) is 1.21. The average Bonchev–Trinajstić information content (AvgIpc) is 2.68. The molecule has 0 saturated carbocycles. The van der Waals surface area contributed by atoms with Crippen LogP contribution in [0.15, 0.2) is 48.7 Å². The third-order valence-corrected chi connectivity index (χ3v) is 4.16. The van der Waals surface area contributed by atoms with Crippen LogP contribution in [-0.2, 0) is 0 Å². The van der Waals surface area contributed by atoms with Crippen LogP contribution in [-0.4, -0.2) is 32.7 Å². The molecule has 0 aliphatic carbocycles. The summed E-state index contributed by atoms with van der Waals surface area (Å²) in [6, 6.07) is 10.0. The Bertz CT molecular complexity index is 937. The molecule has 0 aliphatic heterocycles. The van der Waals surface area contributed by atoms with Crippen LogP contribution in [0.2, 0.25) is 0 Å². The molecule has 1 aromatic carbocycles. The summed E-state index contributed by atoms with van der Waals surface area (Å²) in [5.74, 6) is -0.684. The first-order valence-electron chi connectivity index (χ1n) is 8.86. The molecule has 3 rings (SSSR count). The lowest BCUT2D eigenvalue weighted by molar-refractivity contribution is 0.248. The van der Waals surface area contributed by atoms with Gasteiger partial charge in [-0.25, -0.2) is 13.8 Å². The second-order valence-electron chi connectivity index (χ2n) is 6.60. The Balaban J connectivity index is 1.99. The van der Waals surface area contributed by atoms with Crippen LogP contribution in [0.3, 0.4) is 0 Å². The van der Waals surface area contributed by atoms with Crippen molar-refractivity contribution in [3.63, 3.8) is 0 Å². The zero-order valence-electron chi connectivity index (χ0n) is 15.5. The van der Waals surface area contributed by atoms with Crippen LogP contribution in [0.25, 0.3) is 11.4 Å². The second kappa shape index (κ2) is 8.71. The van der Waals surface area contributed by atoms with E-state index in [1.807, 2.05) is 19.9 Å². The van der Waals surface area contributed by atoms with Crippen LogP contribution >= 0.6 is 0 Å². The van der Waals surface area contributed by atoms with E-state index in [1.165, 1.54) is 6.07 Å². The molecule has 8 heteroatoms. The zero-order valence-corrected chi connectivity index (χ0v) is 15.5. The van der Waals surface area contributed by atoms with E-state index in [0.29, 0.717) is 17.2 Å². The van der Waals surface area contributed by atoms with E-state index in [4.69, 9.17) is 0 Å². The number of nitrogens with one attached hydrogen (secondary N) is 2. The van der Waals surface area contributed by atoms with Gasteiger partial charge in [-0.15, -0.1) is 0 Å².